The molecule has 3 aliphatic rings. The van der Waals surface area contributed by atoms with Crippen LogP contribution in [0.5, 0.6) is 0 Å². The van der Waals surface area contributed by atoms with Crippen LogP contribution in [0.2, 0.25) is 0 Å². The zero-order valence-corrected chi connectivity index (χ0v) is 19.9. The molecule has 6 nitrogen and oxygen atoms in total. The summed E-state index contributed by atoms with van der Waals surface area (Å²) >= 11 is 0. The minimum atomic E-state index is 0.774. The third kappa shape index (κ3) is 7.22. The van der Waals surface area contributed by atoms with E-state index < -0.39 is 0 Å². The molecule has 3 rings (SSSR count). The van der Waals surface area contributed by atoms with Gasteiger partial charge in [0.05, 0.1) is 0 Å². The van der Waals surface area contributed by atoms with Crippen molar-refractivity contribution in [1.29, 1.82) is 0 Å². The fourth-order valence-corrected chi connectivity index (χ4v) is 3.64. The van der Waals surface area contributed by atoms with Crippen LogP contribution in [0.25, 0.3) is 0 Å². The Bertz CT molecular complexity index is 692. The Morgan fingerprint density at radius 3 is 1.43 bits per heavy atom. The highest BCUT2D eigenvalue weighted by Crippen LogP contribution is 2.14. The van der Waals surface area contributed by atoms with E-state index in [0.29, 0.717) is 0 Å². The van der Waals surface area contributed by atoms with Gasteiger partial charge in [-0.1, -0.05) is 0 Å². The third-order valence-corrected chi connectivity index (χ3v) is 5.97. The molecule has 0 saturated heterocycles. The molecule has 0 radical (unpaired) electrons. The molecule has 0 aromatic heterocycles. The Balaban J connectivity index is 2.49. The Morgan fingerprint density at radius 2 is 1.00 bits per heavy atom. The third-order valence-electron chi connectivity index (χ3n) is 5.97. The van der Waals surface area contributed by atoms with Crippen molar-refractivity contribution in [2.24, 2.45) is 20.0 Å². The second-order valence-electron chi connectivity index (χ2n) is 8.26. The number of hydrogen-bond acceptors (Lipinski definition) is 6. The van der Waals surface area contributed by atoms with Crippen LogP contribution in [-0.2, 0) is 0 Å². The summed E-state index contributed by atoms with van der Waals surface area (Å²) in [6, 6.07) is 0. The van der Waals surface area contributed by atoms with Crippen LogP contribution < -0.4 is 0 Å². The zero-order valence-electron chi connectivity index (χ0n) is 19.9. The molecule has 0 aromatic rings. The highest BCUT2D eigenvalue weighted by atomic mass is 15.1. The molecule has 6 heteroatoms. The van der Waals surface area contributed by atoms with Crippen molar-refractivity contribution in [3.8, 4) is 0 Å². The highest BCUT2D eigenvalue weighted by Gasteiger charge is 2.12. The van der Waals surface area contributed by atoms with Gasteiger partial charge < -0.3 is 9.80 Å². The number of hydrogen-bond donors (Lipinski definition) is 0. The van der Waals surface area contributed by atoms with Gasteiger partial charge in [-0.2, -0.15) is 0 Å². The molecule has 0 fully saturated rings. The van der Waals surface area contributed by atoms with Crippen molar-refractivity contribution >= 4 is 23.9 Å². The maximum absolute atomic E-state index is 4.85. The standard InChI is InChI=1S/C24H40N6/c1-19-23-17-25-11-9-12-26-18-24(20(2)28-14-10-13-27-19)22(4)30(6)16-8-7-15-29(5)21(23)3/h17-18H,7-16H2,1-6H3. The largest absolute Gasteiger partial charge is 0.378 e. The molecular weight excluding hydrogens is 372 g/mol. The van der Waals surface area contributed by atoms with Gasteiger partial charge in [0.1, 0.15) is 0 Å². The second kappa shape index (κ2) is 12.5. The Morgan fingerprint density at radius 1 is 0.600 bits per heavy atom. The normalized spacial score (nSPS) is 21.4. The summed E-state index contributed by atoms with van der Waals surface area (Å²) in [6.45, 7) is 13.8. The maximum atomic E-state index is 4.85. The lowest BCUT2D eigenvalue weighted by Crippen LogP contribution is -2.24. The van der Waals surface area contributed by atoms with Gasteiger partial charge in [-0.05, 0) is 53.4 Å². The molecule has 0 spiro atoms. The van der Waals surface area contributed by atoms with Crippen LogP contribution in [0, 0.1) is 0 Å². The van der Waals surface area contributed by atoms with Crippen molar-refractivity contribution in [1.82, 2.24) is 9.80 Å². The van der Waals surface area contributed by atoms with E-state index in [4.69, 9.17) is 20.0 Å². The highest BCUT2D eigenvalue weighted by molar-refractivity contribution is 6.16. The summed E-state index contributed by atoms with van der Waals surface area (Å²) < 4.78 is 0. The first-order chi connectivity index (χ1) is 14.4. The first-order valence-corrected chi connectivity index (χ1v) is 11.3. The molecule has 0 aliphatic carbocycles. The van der Waals surface area contributed by atoms with E-state index >= 15 is 0 Å². The minimum Gasteiger partial charge on any atom is -0.378 e. The van der Waals surface area contributed by atoms with Crippen LogP contribution in [0.15, 0.2) is 42.5 Å². The molecule has 0 saturated carbocycles. The summed E-state index contributed by atoms with van der Waals surface area (Å²) in [5.74, 6) is 0. The molecule has 2 bridgehead atoms. The molecule has 0 unspecified atom stereocenters. The number of rotatable bonds is 0. The average Bonchev–Trinajstić information content (AvgIpc) is 2.72. The van der Waals surface area contributed by atoms with Crippen LogP contribution >= 0.6 is 0 Å². The SMILES string of the molecule is CC1=NCCCN=C(C)C2=C(C)N(C)CCCCN(C)C(C)=C1C=NCCCN=C2. The van der Waals surface area contributed by atoms with Gasteiger partial charge >= 0.3 is 0 Å². The van der Waals surface area contributed by atoms with Crippen LogP contribution in [0.4, 0.5) is 0 Å². The first kappa shape index (κ1) is 24.0. The predicted octanol–water partition coefficient (Wildman–Crippen LogP) is 4.05. The molecule has 0 aromatic carbocycles. The smallest absolute Gasteiger partial charge is 0.0422 e. The van der Waals surface area contributed by atoms with Crippen LogP contribution in [0.3, 0.4) is 0 Å². The van der Waals surface area contributed by atoms with Gasteiger partial charge in [-0.3, -0.25) is 20.0 Å². The van der Waals surface area contributed by atoms with E-state index in [1.165, 1.54) is 11.4 Å². The molecule has 166 valence electrons. The molecule has 30 heavy (non-hydrogen) atoms. The van der Waals surface area contributed by atoms with Crippen molar-refractivity contribution < 1.29 is 0 Å². The number of fused-ring (bicyclic) bond motifs is 15. The van der Waals surface area contributed by atoms with Gasteiger partial charge in [-0.25, -0.2) is 0 Å². The van der Waals surface area contributed by atoms with Gasteiger partial charge in [0.25, 0.3) is 0 Å². The van der Waals surface area contributed by atoms with Crippen molar-refractivity contribution in [2.75, 3.05) is 53.4 Å². The van der Waals surface area contributed by atoms with E-state index in [9.17, 15) is 0 Å². The molecular formula is C24H40N6. The van der Waals surface area contributed by atoms with Gasteiger partial charge in [-0.15, -0.1) is 0 Å². The second-order valence-corrected chi connectivity index (χ2v) is 8.26. The summed E-state index contributed by atoms with van der Waals surface area (Å²) in [5, 5.41) is 0. The monoisotopic (exact) mass is 412 g/mol. The summed E-state index contributed by atoms with van der Waals surface area (Å²) in [5.41, 5.74) is 6.91. The number of nitrogens with zero attached hydrogens (tertiary/aromatic N) is 6. The van der Waals surface area contributed by atoms with Gasteiger partial charge in [0, 0.05) is 99.8 Å². The molecule has 0 N–H and O–H groups in total. The average molecular weight is 413 g/mol. The van der Waals surface area contributed by atoms with Crippen LogP contribution in [0.1, 0.15) is 53.4 Å². The molecule has 0 amide bonds. The first-order valence-electron chi connectivity index (χ1n) is 11.3. The lowest BCUT2D eigenvalue weighted by molar-refractivity contribution is 0.362. The topological polar surface area (TPSA) is 55.9 Å². The van der Waals surface area contributed by atoms with E-state index in [1.54, 1.807) is 0 Å². The quantitative estimate of drug-likeness (QED) is 0.603. The zero-order chi connectivity index (χ0) is 21.9. The lowest BCUT2D eigenvalue weighted by atomic mass is 10.1. The summed E-state index contributed by atoms with van der Waals surface area (Å²) in [4.78, 5) is 23.8. The van der Waals surface area contributed by atoms with E-state index in [-0.39, 0.29) is 0 Å². The Labute approximate surface area is 183 Å². The number of aliphatic imine (C=N–C) groups is 4. The minimum absolute atomic E-state index is 0.774. The summed E-state index contributed by atoms with van der Waals surface area (Å²) in [7, 11) is 4.35. The van der Waals surface area contributed by atoms with Gasteiger partial charge in [0.15, 0.2) is 0 Å². The fraction of sp³-hybridized carbons (Fsp3) is 0.667. The lowest BCUT2D eigenvalue weighted by Gasteiger charge is -2.25. The molecule has 3 heterocycles. The van der Waals surface area contributed by atoms with Crippen molar-refractivity contribution in [3.63, 3.8) is 0 Å². The van der Waals surface area contributed by atoms with E-state index in [1.807, 2.05) is 12.4 Å². The Kier molecular flexibility index (Phi) is 9.98. The van der Waals surface area contributed by atoms with E-state index in [2.05, 4.69) is 51.6 Å². The summed E-state index contributed by atoms with van der Waals surface area (Å²) in [6.07, 6.45) is 8.19. The maximum Gasteiger partial charge on any atom is 0.0422 e. The van der Waals surface area contributed by atoms with Crippen LogP contribution in [-0.4, -0.2) is 87.0 Å². The molecule has 3 aliphatic heterocycles. The van der Waals surface area contributed by atoms with Crippen molar-refractivity contribution in [2.45, 2.75) is 53.4 Å². The van der Waals surface area contributed by atoms with E-state index in [0.717, 1.165) is 87.5 Å². The molecule has 0 atom stereocenters. The predicted molar refractivity (Wildman–Crippen MR) is 132 cm³/mol. The number of allylic oxidation sites excluding steroid dienone is 4. The van der Waals surface area contributed by atoms with Gasteiger partial charge in [0.2, 0.25) is 0 Å². The fourth-order valence-electron chi connectivity index (χ4n) is 3.64. The Hall–Kier alpha value is -2.24. The van der Waals surface area contributed by atoms with Crippen molar-refractivity contribution in [3.05, 3.63) is 22.5 Å².